The minimum Gasteiger partial charge on any atom is -0.497 e. The summed E-state index contributed by atoms with van der Waals surface area (Å²) in [6.45, 7) is 2.00. The van der Waals surface area contributed by atoms with Gasteiger partial charge in [-0.15, -0.1) is 0 Å². The molecule has 3 heteroatoms. The number of hydrogen-bond acceptors (Lipinski definition) is 2. The zero-order chi connectivity index (χ0) is 12.5. The minimum absolute atomic E-state index is 0.880. The average molecular weight is 238 g/mol. The molecule has 90 valence electrons. The molecule has 0 amide bonds. The average Bonchev–Trinajstić information content (AvgIpc) is 2.84. The predicted octanol–water partition coefficient (Wildman–Crippen LogP) is 3.55. The monoisotopic (exact) mass is 238 g/mol. The number of aromatic amines is 1. The lowest BCUT2D eigenvalue weighted by Gasteiger charge is -2.04. The fourth-order valence-corrected chi connectivity index (χ4v) is 2.08. The molecular formula is C15H14N2O. The highest BCUT2D eigenvalue weighted by molar-refractivity contribution is 5.87. The molecule has 18 heavy (non-hydrogen) atoms. The zero-order valence-corrected chi connectivity index (χ0v) is 10.4. The molecule has 1 heterocycles. The number of aryl methyl sites for hydroxylation is 1. The normalized spacial score (nSPS) is 10.8. The first kappa shape index (κ1) is 10.8. The van der Waals surface area contributed by atoms with Crippen molar-refractivity contribution in [1.29, 1.82) is 0 Å². The van der Waals surface area contributed by atoms with Gasteiger partial charge >= 0.3 is 0 Å². The van der Waals surface area contributed by atoms with Gasteiger partial charge in [0.1, 0.15) is 5.75 Å². The topological polar surface area (TPSA) is 37.9 Å². The summed E-state index contributed by atoms with van der Waals surface area (Å²) in [7, 11) is 1.68. The first-order valence-corrected chi connectivity index (χ1v) is 5.86. The van der Waals surface area contributed by atoms with E-state index in [0.29, 0.717) is 0 Å². The summed E-state index contributed by atoms with van der Waals surface area (Å²) in [6.07, 6.45) is 0. The van der Waals surface area contributed by atoms with E-state index in [1.807, 2.05) is 25.1 Å². The van der Waals surface area contributed by atoms with Gasteiger partial charge in [0.25, 0.3) is 0 Å². The Morgan fingerprint density at radius 2 is 1.78 bits per heavy atom. The van der Waals surface area contributed by atoms with E-state index in [1.54, 1.807) is 7.11 Å². The Labute approximate surface area is 105 Å². The Kier molecular flexibility index (Phi) is 2.52. The second-order valence-corrected chi connectivity index (χ2v) is 4.36. The third-order valence-electron chi connectivity index (χ3n) is 3.05. The van der Waals surface area contributed by atoms with Gasteiger partial charge in [-0.05, 0) is 42.0 Å². The van der Waals surface area contributed by atoms with Gasteiger partial charge in [0.05, 0.1) is 12.8 Å². The third-order valence-corrected chi connectivity index (χ3v) is 3.05. The summed E-state index contributed by atoms with van der Waals surface area (Å²) >= 11 is 0. The van der Waals surface area contributed by atoms with Crippen LogP contribution >= 0.6 is 0 Å². The molecule has 0 aliphatic carbocycles. The summed E-state index contributed by atoms with van der Waals surface area (Å²) < 4.78 is 5.22. The van der Waals surface area contributed by atoms with Crippen molar-refractivity contribution in [3.05, 3.63) is 48.2 Å². The molecule has 0 aliphatic heterocycles. The van der Waals surface area contributed by atoms with Crippen molar-refractivity contribution in [2.24, 2.45) is 0 Å². The lowest BCUT2D eigenvalue weighted by atomic mass is 10.0. The number of aromatic nitrogens is 2. The Balaban J connectivity index is 2.11. The maximum atomic E-state index is 5.22. The highest BCUT2D eigenvalue weighted by atomic mass is 16.5. The Bertz CT molecular complexity index is 701. The fourth-order valence-electron chi connectivity index (χ4n) is 2.08. The number of fused-ring (bicyclic) bond motifs is 1. The van der Waals surface area contributed by atoms with Crippen molar-refractivity contribution in [2.75, 3.05) is 7.11 Å². The van der Waals surface area contributed by atoms with Gasteiger partial charge in [0, 0.05) is 11.3 Å². The van der Waals surface area contributed by atoms with Crippen LogP contribution in [-0.4, -0.2) is 17.3 Å². The zero-order valence-electron chi connectivity index (χ0n) is 10.4. The second kappa shape index (κ2) is 4.18. The van der Waals surface area contributed by atoms with Crippen molar-refractivity contribution in [3.63, 3.8) is 0 Å². The van der Waals surface area contributed by atoms with Crippen molar-refractivity contribution in [3.8, 4) is 17.0 Å². The largest absolute Gasteiger partial charge is 0.497 e. The second-order valence-electron chi connectivity index (χ2n) is 4.36. The summed E-state index contributed by atoms with van der Waals surface area (Å²) in [5.41, 5.74) is 3.17. The third kappa shape index (κ3) is 1.84. The van der Waals surface area contributed by atoms with Crippen LogP contribution in [0.2, 0.25) is 0 Å². The van der Waals surface area contributed by atoms with E-state index in [2.05, 4.69) is 34.5 Å². The summed E-state index contributed by atoms with van der Waals surface area (Å²) in [5.74, 6) is 0.880. The van der Waals surface area contributed by atoms with Crippen LogP contribution in [0.4, 0.5) is 0 Å². The number of methoxy groups -OCH3 is 1. The molecule has 0 aliphatic rings. The standard InChI is InChI=1S/C15H14N2O/c1-10-7-15(17-16-10)13-4-3-12-9-14(18-2)6-5-11(12)8-13/h3-9H,1-2H3,(H,16,17). The first-order chi connectivity index (χ1) is 8.76. The number of benzene rings is 2. The highest BCUT2D eigenvalue weighted by Gasteiger charge is 2.03. The molecule has 1 N–H and O–H groups in total. The van der Waals surface area contributed by atoms with E-state index in [9.17, 15) is 0 Å². The van der Waals surface area contributed by atoms with E-state index in [1.165, 1.54) is 10.8 Å². The molecular weight excluding hydrogens is 224 g/mol. The number of rotatable bonds is 2. The lowest BCUT2D eigenvalue weighted by Crippen LogP contribution is -1.83. The van der Waals surface area contributed by atoms with E-state index in [0.717, 1.165) is 22.7 Å². The predicted molar refractivity (Wildman–Crippen MR) is 72.8 cm³/mol. The molecule has 0 radical (unpaired) electrons. The molecule has 0 atom stereocenters. The van der Waals surface area contributed by atoms with Crippen LogP contribution in [0.3, 0.4) is 0 Å². The quantitative estimate of drug-likeness (QED) is 0.741. The SMILES string of the molecule is COc1ccc2cc(-c3cc(C)[nH]n3)ccc2c1. The molecule has 0 fully saturated rings. The van der Waals surface area contributed by atoms with Gasteiger partial charge in [0.2, 0.25) is 0 Å². The van der Waals surface area contributed by atoms with Gasteiger partial charge in [-0.25, -0.2) is 0 Å². The molecule has 3 rings (SSSR count). The van der Waals surface area contributed by atoms with Crippen LogP contribution in [0.15, 0.2) is 42.5 Å². The lowest BCUT2D eigenvalue weighted by molar-refractivity contribution is 0.415. The number of nitrogens with zero attached hydrogens (tertiary/aromatic N) is 1. The van der Waals surface area contributed by atoms with Gasteiger partial charge in [-0.1, -0.05) is 18.2 Å². The molecule has 0 spiro atoms. The van der Waals surface area contributed by atoms with Crippen molar-refractivity contribution < 1.29 is 4.74 Å². The van der Waals surface area contributed by atoms with E-state index >= 15 is 0 Å². The molecule has 0 saturated carbocycles. The number of H-pyrrole nitrogens is 1. The van der Waals surface area contributed by atoms with Crippen LogP contribution in [0, 0.1) is 6.92 Å². The van der Waals surface area contributed by atoms with E-state index < -0.39 is 0 Å². The van der Waals surface area contributed by atoms with Gasteiger partial charge in [0.15, 0.2) is 0 Å². The van der Waals surface area contributed by atoms with Gasteiger partial charge < -0.3 is 4.74 Å². The fraction of sp³-hybridized carbons (Fsp3) is 0.133. The smallest absolute Gasteiger partial charge is 0.119 e. The van der Waals surface area contributed by atoms with Gasteiger partial charge in [-0.2, -0.15) is 5.10 Å². The summed E-state index contributed by atoms with van der Waals surface area (Å²) in [4.78, 5) is 0. The van der Waals surface area contributed by atoms with Crippen LogP contribution in [0.5, 0.6) is 5.75 Å². The maximum absolute atomic E-state index is 5.22. The van der Waals surface area contributed by atoms with E-state index in [-0.39, 0.29) is 0 Å². The van der Waals surface area contributed by atoms with Crippen LogP contribution < -0.4 is 4.74 Å². The van der Waals surface area contributed by atoms with Crippen LogP contribution in [-0.2, 0) is 0 Å². The van der Waals surface area contributed by atoms with Crippen molar-refractivity contribution in [1.82, 2.24) is 10.2 Å². The molecule has 2 aromatic carbocycles. The number of hydrogen-bond donors (Lipinski definition) is 1. The molecule has 3 aromatic rings. The molecule has 0 bridgehead atoms. The minimum atomic E-state index is 0.880. The molecule has 1 aromatic heterocycles. The van der Waals surface area contributed by atoms with Gasteiger partial charge in [-0.3, -0.25) is 5.10 Å². The highest BCUT2D eigenvalue weighted by Crippen LogP contribution is 2.26. The Morgan fingerprint density at radius 3 is 2.50 bits per heavy atom. The molecule has 0 unspecified atom stereocenters. The maximum Gasteiger partial charge on any atom is 0.119 e. The van der Waals surface area contributed by atoms with Crippen molar-refractivity contribution >= 4 is 10.8 Å². The molecule has 0 saturated heterocycles. The number of nitrogens with one attached hydrogen (secondary N) is 1. The molecule has 3 nitrogen and oxygen atoms in total. The van der Waals surface area contributed by atoms with Crippen LogP contribution in [0.25, 0.3) is 22.0 Å². The summed E-state index contributed by atoms with van der Waals surface area (Å²) in [5, 5.41) is 9.60. The first-order valence-electron chi connectivity index (χ1n) is 5.86. The number of ether oxygens (including phenoxy) is 1. The Hall–Kier alpha value is -2.29. The van der Waals surface area contributed by atoms with Crippen LogP contribution in [0.1, 0.15) is 5.69 Å². The van der Waals surface area contributed by atoms with E-state index in [4.69, 9.17) is 4.74 Å². The summed E-state index contributed by atoms with van der Waals surface area (Å²) in [6, 6.07) is 14.4. The Morgan fingerprint density at radius 1 is 1.00 bits per heavy atom. The van der Waals surface area contributed by atoms with Crippen molar-refractivity contribution in [2.45, 2.75) is 6.92 Å².